The zero-order valence-corrected chi connectivity index (χ0v) is 13.2. The van der Waals surface area contributed by atoms with Crippen LogP contribution in [0.1, 0.15) is 5.56 Å². The van der Waals surface area contributed by atoms with Gasteiger partial charge >= 0.3 is 6.03 Å². The first-order valence-corrected chi connectivity index (χ1v) is 7.62. The minimum atomic E-state index is -0.351. The molecule has 0 aliphatic heterocycles. The molecule has 0 bridgehead atoms. The Kier molecular flexibility index (Phi) is 4.57. The van der Waals surface area contributed by atoms with Crippen molar-refractivity contribution in [2.75, 3.05) is 10.2 Å². The average Bonchev–Trinajstić information content (AvgIpc) is 2.60. The van der Waals surface area contributed by atoms with E-state index in [9.17, 15) is 9.18 Å². The Hall–Kier alpha value is -3.14. The van der Waals surface area contributed by atoms with Crippen LogP contribution in [0.3, 0.4) is 0 Å². The van der Waals surface area contributed by atoms with Gasteiger partial charge in [0.15, 0.2) is 0 Å². The number of hydrogen-bond acceptors (Lipinski definition) is 1. The van der Waals surface area contributed by atoms with E-state index in [-0.39, 0.29) is 11.8 Å². The molecule has 24 heavy (non-hydrogen) atoms. The minimum Gasteiger partial charge on any atom is -0.307 e. The lowest BCUT2D eigenvalue weighted by molar-refractivity contribution is 0.259. The molecule has 120 valence electrons. The Morgan fingerprint density at radius 3 is 2.12 bits per heavy atom. The maximum absolute atomic E-state index is 14.0. The van der Waals surface area contributed by atoms with Gasteiger partial charge in [-0.1, -0.05) is 42.5 Å². The number of hydrogen-bond donors (Lipinski definition) is 1. The highest BCUT2D eigenvalue weighted by molar-refractivity contribution is 6.07. The molecule has 1 N–H and O–H groups in total. The standard InChI is InChI=1S/C20H17FN2O/c1-15-12-13-18(14-19(15)21)23(17-10-6-3-7-11-17)20(24)22-16-8-4-2-5-9-16/h2-14H,1H3,(H,22,24). The Balaban J connectivity index is 1.99. The Bertz CT molecular complexity index is 835. The molecular formula is C20H17FN2O. The molecule has 0 spiro atoms. The van der Waals surface area contributed by atoms with Gasteiger partial charge in [0, 0.05) is 5.69 Å². The van der Waals surface area contributed by atoms with Gasteiger partial charge in [-0.05, 0) is 48.9 Å². The van der Waals surface area contributed by atoms with Crippen LogP contribution in [0.2, 0.25) is 0 Å². The van der Waals surface area contributed by atoms with Crippen LogP contribution in [-0.2, 0) is 0 Å². The predicted octanol–water partition coefficient (Wildman–Crippen LogP) is 5.50. The molecule has 0 aliphatic rings. The molecule has 3 nitrogen and oxygen atoms in total. The molecule has 3 aromatic carbocycles. The Morgan fingerprint density at radius 1 is 0.875 bits per heavy atom. The van der Waals surface area contributed by atoms with Crippen molar-refractivity contribution in [3.05, 3.63) is 90.2 Å². The summed E-state index contributed by atoms with van der Waals surface area (Å²) in [7, 11) is 0. The van der Waals surface area contributed by atoms with Crippen molar-refractivity contribution >= 4 is 23.1 Å². The number of amides is 2. The van der Waals surface area contributed by atoms with Gasteiger partial charge in [0.25, 0.3) is 0 Å². The molecule has 0 aliphatic carbocycles. The summed E-state index contributed by atoms with van der Waals surface area (Å²) in [5, 5.41) is 2.84. The van der Waals surface area contributed by atoms with E-state index < -0.39 is 0 Å². The fraction of sp³-hybridized carbons (Fsp3) is 0.0500. The highest BCUT2D eigenvalue weighted by atomic mass is 19.1. The lowest BCUT2D eigenvalue weighted by Gasteiger charge is -2.23. The number of nitrogens with one attached hydrogen (secondary N) is 1. The molecule has 0 saturated carbocycles. The third-order valence-electron chi connectivity index (χ3n) is 3.66. The van der Waals surface area contributed by atoms with Crippen LogP contribution in [-0.4, -0.2) is 6.03 Å². The summed E-state index contributed by atoms with van der Waals surface area (Å²) in [6.45, 7) is 1.69. The molecule has 4 heteroatoms. The van der Waals surface area contributed by atoms with Crippen molar-refractivity contribution < 1.29 is 9.18 Å². The zero-order chi connectivity index (χ0) is 16.9. The van der Waals surface area contributed by atoms with Gasteiger partial charge in [-0.2, -0.15) is 0 Å². The van der Waals surface area contributed by atoms with Crippen molar-refractivity contribution in [3.63, 3.8) is 0 Å². The number of rotatable bonds is 3. The number of carbonyl (C=O) groups is 1. The molecule has 3 aromatic rings. The van der Waals surface area contributed by atoms with E-state index in [2.05, 4.69) is 5.32 Å². The van der Waals surface area contributed by atoms with E-state index in [1.165, 1.54) is 11.0 Å². The second kappa shape index (κ2) is 6.96. The van der Waals surface area contributed by atoms with E-state index in [4.69, 9.17) is 0 Å². The predicted molar refractivity (Wildman–Crippen MR) is 95.2 cm³/mol. The van der Waals surface area contributed by atoms with Crippen molar-refractivity contribution in [2.24, 2.45) is 0 Å². The van der Waals surface area contributed by atoms with Gasteiger partial charge in [-0.3, -0.25) is 4.90 Å². The van der Waals surface area contributed by atoms with Crippen LogP contribution in [0.4, 0.5) is 26.2 Å². The number of anilines is 3. The summed E-state index contributed by atoms with van der Waals surface area (Å²) in [5.74, 6) is -0.346. The normalized spacial score (nSPS) is 10.2. The van der Waals surface area contributed by atoms with Gasteiger partial charge in [-0.15, -0.1) is 0 Å². The van der Waals surface area contributed by atoms with Crippen LogP contribution in [0, 0.1) is 12.7 Å². The average molecular weight is 320 g/mol. The van der Waals surface area contributed by atoms with Crippen molar-refractivity contribution in [1.29, 1.82) is 0 Å². The van der Waals surface area contributed by atoms with Gasteiger partial charge < -0.3 is 5.32 Å². The number of nitrogens with zero attached hydrogens (tertiary/aromatic N) is 1. The Morgan fingerprint density at radius 2 is 1.50 bits per heavy atom. The fourth-order valence-electron chi connectivity index (χ4n) is 2.38. The van der Waals surface area contributed by atoms with Crippen LogP contribution in [0.25, 0.3) is 0 Å². The molecule has 3 rings (SSSR count). The number of para-hydroxylation sites is 2. The van der Waals surface area contributed by atoms with E-state index in [0.29, 0.717) is 22.6 Å². The number of urea groups is 1. The molecule has 0 unspecified atom stereocenters. The Labute approximate surface area is 140 Å². The topological polar surface area (TPSA) is 32.3 Å². The second-order valence-corrected chi connectivity index (χ2v) is 5.40. The van der Waals surface area contributed by atoms with Crippen LogP contribution in [0.15, 0.2) is 78.9 Å². The highest BCUT2D eigenvalue weighted by Crippen LogP contribution is 2.27. The van der Waals surface area contributed by atoms with Gasteiger partial charge in [0.05, 0.1) is 11.4 Å². The van der Waals surface area contributed by atoms with E-state index in [1.807, 2.05) is 48.5 Å². The summed E-state index contributed by atoms with van der Waals surface area (Å²) in [6, 6.07) is 22.7. The van der Waals surface area contributed by atoms with Crippen LogP contribution >= 0.6 is 0 Å². The quantitative estimate of drug-likeness (QED) is 0.678. The number of benzene rings is 3. The van der Waals surface area contributed by atoms with E-state index in [0.717, 1.165) is 0 Å². The van der Waals surface area contributed by atoms with Crippen molar-refractivity contribution in [2.45, 2.75) is 6.92 Å². The summed E-state index contributed by atoms with van der Waals surface area (Å²) >= 11 is 0. The van der Waals surface area contributed by atoms with Crippen LogP contribution < -0.4 is 10.2 Å². The van der Waals surface area contributed by atoms with Gasteiger partial charge in [0.1, 0.15) is 5.82 Å². The third kappa shape index (κ3) is 3.43. The molecule has 0 radical (unpaired) electrons. The first-order chi connectivity index (χ1) is 11.6. The number of halogens is 1. The van der Waals surface area contributed by atoms with Crippen LogP contribution in [0.5, 0.6) is 0 Å². The third-order valence-corrected chi connectivity index (χ3v) is 3.66. The van der Waals surface area contributed by atoms with E-state index >= 15 is 0 Å². The SMILES string of the molecule is Cc1ccc(N(C(=O)Nc2ccccc2)c2ccccc2)cc1F. The lowest BCUT2D eigenvalue weighted by Crippen LogP contribution is -2.30. The smallest absolute Gasteiger partial charge is 0.307 e. The molecular weight excluding hydrogens is 303 g/mol. The minimum absolute atomic E-state index is 0.346. The summed E-state index contributed by atoms with van der Waals surface area (Å²) in [6.07, 6.45) is 0. The maximum Gasteiger partial charge on any atom is 0.330 e. The largest absolute Gasteiger partial charge is 0.330 e. The van der Waals surface area contributed by atoms with Gasteiger partial charge in [0.2, 0.25) is 0 Å². The lowest BCUT2D eigenvalue weighted by atomic mass is 10.2. The summed E-state index contributed by atoms with van der Waals surface area (Å²) in [4.78, 5) is 14.3. The maximum atomic E-state index is 14.0. The molecule has 0 fully saturated rings. The van der Waals surface area contributed by atoms with Gasteiger partial charge in [-0.25, -0.2) is 9.18 Å². The van der Waals surface area contributed by atoms with Crippen molar-refractivity contribution in [1.82, 2.24) is 0 Å². The molecule has 0 atom stereocenters. The molecule has 2 amide bonds. The summed E-state index contributed by atoms with van der Waals surface area (Å²) < 4.78 is 14.0. The monoisotopic (exact) mass is 320 g/mol. The highest BCUT2D eigenvalue weighted by Gasteiger charge is 2.19. The first-order valence-electron chi connectivity index (χ1n) is 7.62. The number of carbonyl (C=O) groups excluding carboxylic acids is 1. The second-order valence-electron chi connectivity index (χ2n) is 5.40. The molecule has 0 saturated heterocycles. The van der Waals surface area contributed by atoms with E-state index in [1.54, 1.807) is 31.2 Å². The summed E-state index contributed by atoms with van der Waals surface area (Å²) in [5.41, 5.74) is 2.35. The molecule has 0 aromatic heterocycles. The zero-order valence-electron chi connectivity index (χ0n) is 13.2. The van der Waals surface area contributed by atoms with Crippen molar-refractivity contribution in [3.8, 4) is 0 Å². The first kappa shape index (κ1) is 15.7. The fourth-order valence-corrected chi connectivity index (χ4v) is 2.38. The number of aryl methyl sites for hydroxylation is 1. The molecule has 0 heterocycles.